The van der Waals surface area contributed by atoms with Crippen molar-refractivity contribution >= 4 is 27.3 Å². The number of nitrogens with zero attached hydrogens (tertiary/aromatic N) is 3. The van der Waals surface area contributed by atoms with Crippen molar-refractivity contribution in [2.75, 3.05) is 16.7 Å². The third-order valence-electron chi connectivity index (χ3n) is 5.06. The Bertz CT molecular complexity index is 1460. The molecule has 0 radical (unpaired) electrons. The van der Waals surface area contributed by atoms with Crippen LogP contribution in [0.25, 0.3) is 22.8 Å². The number of nitrogens with one attached hydrogen (secondary N) is 2. The highest BCUT2D eigenvalue weighted by molar-refractivity contribution is 7.92. The minimum atomic E-state index is -3.99. The SMILES string of the molecule is CC(C)(CF)C(=O)Nc1cccc(NS(=O)(=O)c2cccc(-c3noc(-c4cccnc4)n3)c2)c1. The first kappa shape index (κ1) is 24.0. The maximum absolute atomic E-state index is 13.1. The van der Waals surface area contributed by atoms with Gasteiger partial charge in [-0.15, -0.1) is 0 Å². The van der Waals surface area contributed by atoms with Crippen molar-refractivity contribution in [2.45, 2.75) is 18.7 Å². The fraction of sp³-hybridized carbons (Fsp3) is 0.167. The number of alkyl halides is 1. The summed E-state index contributed by atoms with van der Waals surface area (Å²) in [6.07, 6.45) is 3.20. The lowest BCUT2D eigenvalue weighted by Crippen LogP contribution is -2.32. The molecule has 4 rings (SSSR count). The Morgan fingerprint density at radius 1 is 1.03 bits per heavy atom. The number of hydrogen-bond donors (Lipinski definition) is 2. The van der Waals surface area contributed by atoms with Gasteiger partial charge >= 0.3 is 0 Å². The molecule has 0 bridgehead atoms. The summed E-state index contributed by atoms with van der Waals surface area (Å²) >= 11 is 0. The summed E-state index contributed by atoms with van der Waals surface area (Å²) in [5.41, 5.74) is 0.437. The third kappa shape index (κ3) is 5.52. The van der Waals surface area contributed by atoms with Crippen molar-refractivity contribution in [1.82, 2.24) is 15.1 Å². The average molecular weight is 496 g/mol. The summed E-state index contributed by atoms with van der Waals surface area (Å²) in [6.45, 7) is 2.13. The molecule has 0 atom stereocenters. The van der Waals surface area contributed by atoms with E-state index < -0.39 is 28.0 Å². The van der Waals surface area contributed by atoms with Crippen LogP contribution in [0, 0.1) is 5.41 Å². The van der Waals surface area contributed by atoms with Crippen LogP contribution in [-0.2, 0) is 14.8 Å². The summed E-state index contributed by atoms with van der Waals surface area (Å²) in [5.74, 6) is -0.0335. The number of amides is 1. The third-order valence-corrected chi connectivity index (χ3v) is 6.44. The van der Waals surface area contributed by atoms with Crippen molar-refractivity contribution in [1.29, 1.82) is 0 Å². The Morgan fingerprint density at radius 2 is 1.77 bits per heavy atom. The standard InChI is InChI=1S/C24H22FN5O4S/c1-24(2,15-25)23(31)27-18-8-4-9-19(13-18)30-35(32,33)20-10-3-6-16(12-20)21-28-22(34-29-21)17-7-5-11-26-14-17/h3-14,30H,15H2,1-2H3,(H,27,31). The molecule has 0 saturated carbocycles. The first-order valence-electron chi connectivity index (χ1n) is 10.5. The zero-order chi connectivity index (χ0) is 25.1. The quantitative estimate of drug-likeness (QED) is 0.367. The number of aromatic nitrogens is 3. The fourth-order valence-corrected chi connectivity index (χ4v) is 4.08. The zero-order valence-corrected chi connectivity index (χ0v) is 19.7. The van der Waals surface area contributed by atoms with Crippen molar-refractivity contribution in [2.24, 2.45) is 5.41 Å². The van der Waals surface area contributed by atoms with Gasteiger partial charge in [0.25, 0.3) is 15.9 Å². The summed E-state index contributed by atoms with van der Waals surface area (Å²) in [4.78, 5) is 20.6. The Labute approximate surface area is 201 Å². The van der Waals surface area contributed by atoms with Crippen molar-refractivity contribution in [3.05, 3.63) is 73.1 Å². The number of anilines is 2. The van der Waals surface area contributed by atoms with Crippen molar-refractivity contribution in [3.63, 3.8) is 0 Å². The molecule has 180 valence electrons. The van der Waals surface area contributed by atoms with Gasteiger partial charge in [-0.25, -0.2) is 12.8 Å². The van der Waals surface area contributed by atoms with E-state index in [9.17, 15) is 17.6 Å². The number of sulfonamides is 1. The minimum absolute atomic E-state index is 0.0178. The number of carbonyl (C=O) groups is 1. The van der Waals surface area contributed by atoms with Gasteiger partial charge in [-0.1, -0.05) is 23.4 Å². The molecule has 0 spiro atoms. The van der Waals surface area contributed by atoms with Gasteiger partial charge < -0.3 is 9.84 Å². The lowest BCUT2D eigenvalue weighted by atomic mass is 9.94. The van der Waals surface area contributed by atoms with Gasteiger partial charge in [-0.2, -0.15) is 4.98 Å². The zero-order valence-electron chi connectivity index (χ0n) is 18.9. The van der Waals surface area contributed by atoms with Crippen LogP contribution in [0.5, 0.6) is 0 Å². The smallest absolute Gasteiger partial charge is 0.261 e. The van der Waals surface area contributed by atoms with Crippen LogP contribution in [0.3, 0.4) is 0 Å². The van der Waals surface area contributed by atoms with E-state index in [1.54, 1.807) is 48.8 Å². The second kappa shape index (κ2) is 9.63. The van der Waals surface area contributed by atoms with Crippen LogP contribution in [0.4, 0.5) is 15.8 Å². The predicted molar refractivity (Wildman–Crippen MR) is 129 cm³/mol. The summed E-state index contributed by atoms with van der Waals surface area (Å²) in [5, 5.41) is 6.54. The number of pyridine rings is 1. The molecule has 2 aromatic carbocycles. The number of rotatable bonds is 8. The van der Waals surface area contributed by atoms with E-state index in [-0.39, 0.29) is 22.3 Å². The number of benzene rings is 2. The largest absolute Gasteiger partial charge is 0.334 e. The van der Waals surface area contributed by atoms with E-state index in [0.29, 0.717) is 16.8 Å². The highest BCUT2D eigenvalue weighted by Crippen LogP contribution is 2.26. The molecule has 0 aliphatic rings. The molecular formula is C24H22FN5O4S. The Kier molecular flexibility index (Phi) is 6.61. The first-order valence-corrected chi connectivity index (χ1v) is 12.0. The van der Waals surface area contributed by atoms with Gasteiger partial charge in [-0.3, -0.25) is 14.5 Å². The number of hydrogen-bond acceptors (Lipinski definition) is 7. The van der Waals surface area contributed by atoms with Gasteiger partial charge in [0.15, 0.2) is 0 Å². The minimum Gasteiger partial charge on any atom is -0.334 e. The van der Waals surface area contributed by atoms with Crippen LogP contribution in [-0.4, -0.2) is 36.1 Å². The molecule has 0 saturated heterocycles. The number of halogens is 1. The van der Waals surface area contributed by atoms with Crippen LogP contribution < -0.4 is 10.0 Å². The van der Waals surface area contributed by atoms with E-state index >= 15 is 0 Å². The van der Waals surface area contributed by atoms with Gasteiger partial charge in [-0.05, 0) is 56.3 Å². The fourth-order valence-electron chi connectivity index (χ4n) is 2.99. The topological polar surface area (TPSA) is 127 Å². The maximum Gasteiger partial charge on any atom is 0.261 e. The van der Waals surface area contributed by atoms with E-state index in [1.165, 1.54) is 38.1 Å². The monoisotopic (exact) mass is 495 g/mol. The molecule has 11 heteroatoms. The van der Waals surface area contributed by atoms with E-state index in [2.05, 4.69) is 25.2 Å². The lowest BCUT2D eigenvalue weighted by Gasteiger charge is -2.19. The van der Waals surface area contributed by atoms with E-state index in [0.717, 1.165) is 0 Å². The van der Waals surface area contributed by atoms with Crippen LogP contribution in [0.15, 0.2) is 82.5 Å². The van der Waals surface area contributed by atoms with E-state index in [1.807, 2.05) is 0 Å². The second-order valence-corrected chi connectivity index (χ2v) is 10.0. The molecule has 0 fully saturated rings. The van der Waals surface area contributed by atoms with Crippen LogP contribution in [0.2, 0.25) is 0 Å². The maximum atomic E-state index is 13.1. The van der Waals surface area contributed by atoms with Gasteiger partial charge in [0.1, 0.15) is 6.67 Å². The van der Waals surface area contributed by atoms with E-state index in [4.69, 9.17) is 4.52 Å². The highest BCUT2D eigenvalue weighted by Gasteiger charge is 2.27. The van der Waals surface area contributed by atoms with Crippen molar-refractivity contribution in [3.8, 4) is 22.8 Å². The Balaban J connectivity index is 1.54. The number of carbonyl (C=O) groups excluding carboxylic acids is 1. The van der Waals surface area contributed by atoms with Crippen LogP contribution >= 0.6 is 0 Å². The lowest BCUT2D eigenvalue weighted by molar-refractivity contribution is -0.124. The molecule has 0 aliphatic carbocycles. The highest BCUT2D eigenvalue weighted by atomic mass is 32.2. The summed E-state index contributed by atoms with van der Waals surface area (Å²) in [7, 11) is -3.99. The van der Waals surface area contributed by atoms with Crippen LogP contribution in [0.1, 0.15) is 13.8 Å². The molecule has 2 heterocycles. The molecule has 0 unspecified atom stereocenters. The molecule has 1 amide bonds. The summed E-state index contributed by atoms with van der Waals surface area (Å²) < 4.78 is 46.9. The molecule has 35 heavy (non-hydrogen) atoms. The van der Waals surface area contributed by atoms with Gasteiger partial charge in [0, 0.05) is 23.6 Å². The average Bonchev–Trinajstić information content (AvgIpc) is 3.35. The summed E-state index contributed by atoms with van der Waals surface area (Å²) in [6, 6.07) is 15.7. The molecule has 4 aromatic rings. The molecule has 2 N–H and O–H groups in total. The van der Waals surface area contributed by atoms with Gasteiger partial charge in [0.2, 0.25) is 11.7 Å². The predicted octanol–water partition coefficient (Wildman–Crippen LogP) is 4.53. The molecule has 9 nitrogen and oxygen atoms in total. The van der Waals surface area contributed by atoms with Crippen molar-refractivity contribution < 1.29 is 22.1 Å². The first-order chi connectivity index (χ1) is 16.7. The molecule has 2 aromatic heterocycles. The molecular weight excluding hydrogens is 473 g/mol. The Hall–Kier alpha value is -4.12. The van der Waals surface area contributed by atoms with Gasteiger partial charge in [0.05, 0.1) is 21.6 Å². The normalized spacial score (nSPS) is 11.7. The Morgan fingerprint density at radius 3 is 2.51 bits per heavy atom. The second-order valence-electron chi connectivity index (χ2n) is 8.35. The molecule has 0 aliphatic heterocycles.